The number of hydrogen-bond donors (Lipinski definition) is 2. The van der Waals surface area contributed by atoms with Crippen LogP contribution in [0.5, 0.6) is 0 Å². The van der Waals surface area contributed by atoms with Crippen molar-refractivity contribution < 1.29 is 9.59 Å². The van der Waals surface area contributed by atoms with E-state index in [1.807, 2.05) is 31.2 Å². The lowest BCUT2D eigenvalue weighted by molar-refractivity contribution is -0.148. The number of benzene rings is 1. The first kappa shape index (κ1) is 16.6. The van der Waals surface area contributed by atoms with Gasteiger partial charge >= 0.3 is 0 Å². The molecule has 0 aliphatic heterocycles. The number of amides is 2. The molecule has 4 heteroatoms. The van der Waals surface area contributed by atoms with Crippen molar-refractivity contribution in [2.24, 2.45) is 28.9 Å². The fourth-order valence-corrected chi connectivity index (χ4v) is 6.00. The van der Waals surface area contributed by atoms with E-state index in [0.717, 1.165) is 30.4 Å². The van der Waals surface area contributed by atoms with Crippen LogP contribution in [0.2, 0.25) is 0 Å². The normalized spacial score (nSPS) is 33.9. The number of aryl methyl sites for hydroxylation is 1. The summed E-state index contributed by atoms with van der Waals surface area (Å²) in [5, 5.41) is 3.03. The van der Waals surface area contributed by atoms with Gasteiger partial charge in [-0.2, -0.15) is 0 Å². The van der Waals surface area contributed by atoms with Crippen LogP contribution in [0.4, 0.5) is 0 Å². The van der Waals surface area contributed by atoms with Crippen LogP contribution >= 0.6 is 0 Å². The highest BCUT2D eigenvalue weighted by atomic mass is 16.2. The summed E-state index contributed by atoms with van der Waals surface area (Å²) in [5.41, 5.74) is 7.55. The second-order valence-electron chi connectivity index (χ2n) is 8.82. The first-order chi connectivity index (χ1) is 11.9. The van der Waals surface area contributed by atoms with Crippen molar-refractivity contribution in [2.75, 3.05) is 0 Å². The van der Waals surface area contributed by atoms with Gasteiger partial charge in [0.1, 0.15) is 6.04 Å². The summed E-state index contributed by atoms with van der Waals surface area (Å²) in [6.45, 7) is 2.02. The molecule has 4 fully saturated rings. The lowest BCUT2D eigenvalue weighted by atomic mass is 9.49. The zero-order valence-electron chi connectivity index (χ0n) is 15.0. The van der Waals surface area contributed by atoms with E-state index in [-0.39, 0.29) is 11.3 Å². The van der Waals surface area contributed by atoms with E-state index in [9.17, 15) is 9.59 Å². The molecule has 0 aromatic heterocycles. The molecular weight excluding hydrogens is 312 g/mol. The Kier molecular flexibility index (Phi) is 4.09. The number of primary amides is 1. The average Bonchev–Trinajstić information content (AvgIpc) is 2.52. The Morgan fingerprint density at radius 3 is 2.28 bits per heavy atom. The van der Waals surface area contributed by atoms with E-state index in [4.69, 9.17) is 5.73 Å². The van der Waals surface area contributed by atoms with Crippen LogP contribution in [0.1, 0.15) is 49.7 Å². The Labute approximate surface area is 149 Å². The fourth-order valence-electron chi connectivity index (χ4n) is 6.00. The molecule has 4 saturated carbocycles. The molecule has 1 aromatic rings. The van der Waals surface area contributed by atoms with Crippen LogP contribution in [-0.2, 0) is 16.0 Å². The molecule has 4 bridgehead atoms. The highest BCUT2D eigenvalue weighted by Crippen LogP contribution is 2.60. The van der Waals surface area contributed by atoms with E-state index in [2.05, 4.69) is 5.32 Å². The van der Waals surface area contributed by atoms with Crippen molar-refractivity contribution in [3.8, 4) is 0 Å². The number of nitrogens with one attached hydrogen (secondary N) is 1. The number of nitrogens with two attached hydrogens (primary N) is 1. The van der Waals surface area contributed by atoms with Gasteiger partial charge in [0.2, 0.25) is 11.8 Å². The number of carbonyl (C=O) groups excluding carboxylic acids is 2. The molecule has 2 amide bonds. The molecule has 25 heavy (non-hydrogen) atoms. The topological polar surface area (TPSA) is 72.2 Å². The largest absolute Gasteiger partial charge is 0.368 e. The highest BCUT2D eigenvalue weighted by Gasteiger charge is 2.54. The standard InChI is InChI=1S/C21H28N2O2/c1-13-3-2-4-14(5-13)9-18(19(22)24)23-20(25)21-10-15-6-16(11-21)8-17(7-15)12-21/h2-5,15-18H,6-12H2,1H3,(H2,22,24)(H,23,25)/t15?,16?,17?,18-,21?/m0/s1. The summed E-state index contributed by atoms with van der Waals surface area (Å²) in [5.74, 6) is 1.75. The molecule has 4 aliphatic rings. The van der Waals surface area contributed by atoms with Gasteiger partial charge in [-0.1, -0.05) is 29.8 Å². The maximum Gasteiger partial charge on any atom is 0.240 e. The maximum absolute atomic E-state index is 13.1. The minimum absolute atomic E-state index is 0.0723. The van der Waals surface area contributed by atoms with Crippen LogP contribution in [0.25, 0.3) is 0 Å². The molecule has 134 valence electrons. The third-order valence-electron chi connectivity index (χ3n) is 6.69. The molecule has 1 aromatic carbocycles. The molecule has 0 saturated heterocycles. The van der Waals surface area contributed by atoms with Gasteiger partial charge in [0, 0.05) is 11.8 Å². The minimum atomic E-state index is -0.623. The van der Waals surface area contributed by atoms with E-state index >= 15 is 0 Å². The summed E-state index contributed by atoms with van der Waals surface area (Å²) in [4.78, 5) is 25.1. The summed E-state index contributed by atoms with van der Waals surface area (Å²) in [6.07, 6.45) is 7.37. The smallest absolute Gasteiger partial charge is 0.240 e. The molecule has 0 radical (unpaired) electrons. The van der Waals surface area contributed by atoms with Crippen molar-refractivity contribution in [3.05, 3.63) is 35.4 Å². The SMILES string of the molecule is Cc1cccc(C[C@H](NC(=O)C23CC4CC(CC(C4)C2)C3)C(N)=O)c1. The zero-order valence-corrected chi connectivity index (χ0v) is 15.0. The second kappa shape index (κ2) is 6.15. The Hall–Kier alpha value is -1.84. The number of rotatable bonds is 5. The van der Waals surface area contributed by atoms with Crippen molar-refractivity contribution >= 4 is 11.8 Å². The monoisotopic (exact) mass is 340 g/mol. The van der Waals surface area contributed by atoms with Gasteiger partial charge in [0.15, 0.2) is 0 Å². The van der Waals surface area contributed by atoms with Crippen LogP contribution < -0.4 is 11.1 Å². The Bertz CT molecular complexity index is 662. The van der Waals surface area contributed by atoms with Gasteiger partial charge in [-0.15, -0.1) is 0 Å². The molecule has 4 aliphatic carbocycles. The molecule has 4 nitrogen and oxygen atoms in total. The predicted molar refractivity (Wildman–Crippen MR) is 96.6 cm³/mol. The van der Waals surface area contributed by atoms with Crippen molar-refractivity contribution in [1.82, 2.24) is 5.32 Å². The molecular formula is C21H28N2O2. The van der Waals surface area contributed by atoms with Gasteiger partial charge < -0.3 is 11.1 Å². The Balaban J connectivity index is 1.49. The Morgan fingerprint density at radius 2 is 1.76 bits per heavy atom. The van der Waals surface area contributed by atoms with Crippen LogP contribution in [0.3, 0.4) is 0 Å². The van der Waals surface area contributed by atoms with Gasteiger partial charge in [-0.3, -0.25) is 9.59 Å². The molecule has 3 N–H and O–H groups in total. The van der Waals surface area contributed by atoms with E-state index in [1.165, 1.54) is 19.3 Å². The van der Waals surface area contributed by atoms with E-state index in [1.54, 1.807) is 0 Å². The molecule has 1 atom stereocenters. The van der Waals surface area contributed by atoms with Crippen LogP contribution in [0.15, 0.2) is 24.3 Å². The first-order valence-corrected chi connectivity index (χ1v) is 9.59. The van der Waals surface area contributed by atoms with E-state index < -0.39 is 11.9 Å². The lowest BCUT2D eigenvalue weighted by Gasteiger charge is -2.55. The minimum Gasteiger partial charge on any atom is -0.368 e. The number of hydrogen-bond acceptors (Lipinski definition) is 2. The summed E-state index contributed by atoms with van der Waals surface area (Å²) < 4.78 is 0. The maximum atomic E-state index is 13.1. The van der Waals surface area contributed by atoms with Crippen molar-refractivity contribution in [1.29, 1.82) is 0 Å². The quantitative estimate of drug-likeness (QED) is 0.865. The van der Waals surface area contributed by atoms with Gasteiger partial charge in [0.05, 0.1) is 0 Å². The molecule has 0 heterocycles. The van der Waals surface area contributed by atoms with Gasteiger partial charge in [0.25, 0.3) is 0 Å². The third kappa shape index (κ3) is 3.19. The predicted octanol–water partition coefficient (Wildman–Crippen LogP) is 2.72. The fraction of sp³-hybridized carbons (Fsp3) is 0.619. The second-order valence-corrected chi connectivity index (χ2v) is 8.82. The summed E-state index contributed by atoms with van der Waals surface area (Å²) >= 11 is 0. The average molecular weight is 340 g/mol. The van der Waals surface area contributed by atoms with Crippen molar-refractivity contribution in [3.63, 3.8) is 0 Å². The van der Waals surface area contributed by atoms with Crippen LogP contribution in [-0.4, -0.2) is 17.9 Å². The zero-order chi connectivity index (χ0) is 17.6. The first-order valence-electron chi connectivity index (χ1n) is 9.59. The van der Waals surface area contributed by atoms with E-state index in [0.29, 0.717) is 24.2 Å². The third-order valence-corrected chi connectivity index (χ3v) is 6.69. The van der Waals surface area contributed by atoms with Crippen molar-refractivity contribution in [2.45, 2.75) is 57.9 Å². The lowest BCUT2D eigenvalue weighted by Crippen LogP contribution is -2.57. The van der Waals surface area contributed by atoms with Crippen LogP contribution in [0, 0.1) is 30.1 Å². The van der Waals surface area contributed by atoms with Gasteiger partial charge in [-0.25, -0.2) is 0 Å². The summed E-state index contributed by atoms with van der Waals surface area (Å²) in [6, 6.07) is 7.41. The summed E-state index contributed by atoms with van der Waals surface area (Å²) in [7, 11) is 0. The van der Waals surface area contributed by atoms with Gasteiger partial charge in [-0.05, 0) is 68.8 Å². The molecule has 0 spiro atoms. The Morgan fingerprint density at radius 1 is 1.16 bits per heavy atom. The molecule has 5 rings (SSSR count). The highest BCUT2D eigenvalue weighted by molar-refractivity contribution is 5.89. The molecule has 0 unspecified atom stereocenters. The number of carbonyl (C=O) groups is 2.